The number of ketones is 1. The highest BCUT2D eigenvalue weighted by Gasteiger charge is 2.52. The Bertz CT molecular complexity index is 924. The Labute approximate surface area is 164 Å². The van der Waals surface area contributed by atoms with Crippen LogP contribution >= 0.6 is 7.14 Å². The molecule has 2 nitrogen and oxygen atoms in total. The molecule has 144 valence electrons. The maximum Gasteiger partial charge on any atom is 0.168 e. The Morgan fingerprint density at radius 3 is 2.15 bits per heavy atom. The van der Waals surface area contributed by atoms with Crippen LogP contribution in [-0.2, 0) is 11.0 Å². The van der Waals surface area contributed by atoms with Gasteiger partial charge in [-0.1, -0.05) is 89.3 Å². The molecule has 0 bridgehead atoms. The summed E-state index contributed by atoms with van der Waals surface area (Å²) in [6, 6.07) is 15.6. The molecule has 4 heteroatoms. The number of rotatable bonds is 3. The summed E-state index contributed by atoms with van der Waals surface area (Å²) in [5.41, 5.74) is 1.60. The number of carbonyl (C=O) groups is 1. The molecule has 2 aromatic carbocycles. The molecule has 0 saturated carbocycles. The van der Waals surface area contributed by atoms with Gasteiger partial charge in [0.1, 0.15) is 7.14 Å². The summed E-state index contributed by atoms with van der Waals surface area (Å²) in [6.45, 7) is 13.8. The van der Waals surface area contributed by atoms with Crippen LogP contribution in [0.25, 0.3) is 0 Å². The average molecular weight is 399 g/mol. The fraction of sp³-hybridized carbons (Fsp3) is 0.435. The van der Waals surface area contributed by atoms with Gasteiger partial charge in [0.2, 0.25) is 0 Å². The van der Waals surface area contributed by atoms with Gasteiger partial charge < -0.3 is 4.57 Å². The SMILES string of the molecule is CCC([Si](C)(C)C(C)(C)C)P1(=O)c2ccccc2CC(=O)c2ccccc21. The molecular weight excluding hydrogens is 367 g/mol. The second-order valence-corrected chi connectivity index (χ2v) is 18.3. The Morgan fingerprint density at radius 2 is 1.56 bits per heavy atom. The molecule has 1 aliphatic rings. The average Bonchev–Trinajstić information content (AvgIpc) is 2.69. The number of hydrogen-bond donors (Lipinski definition) is 0. The van der Waals surface area contributed by atoms with Gasteiger partial charge in [0.05, 0.1) is 8.07 Å². The lowest BCUT2D eigenvalue weighted by Gasteiger charge is -2.46. The normalized spacial score (nSPS) is 21.2. The summed E-state index contributed by atoms with van der Waals surface area (Å²) < 4.78 is 15.2. The molecule has 0 aliphatic carbocycles. The molecule has 1 heterocycles. The highest BCUT2D eigenvalue weighted by Crippen LogP contribution is 2.59. The van der Waals surface area contributed by atoms with Crippen LogP contribution in [0.3, 0.4) is 0 Å². The first-order chi connectivity index (χ1) is 12.5. The van der Waals surface area contributed by atoms with Crippen molar-refractivity contribution in [1.29, 1.82) is 0 Å². The van der Waals surface area contributed by atoms with Crippen LogP contribution in [0.1, 0.15) is 50.0 Å². The van der Waals surface area contributed by atoms with Crippen LogP contribution in [0.5, 0.6) is 0 Å². The van der Waals surface area contributed by atoms with Gasteiger partial charge in [0.15, 0.2) is 5.78 Å². The van der Waals surface area contributed by atoms with Crippen LogP contribution < -0.4 is 10.6 Å². The van der Waals surface area contributed by atoms with Crippen molar-refractivity contribution in [2.24, 2.45) is 0 Å². The van der Waals surface area contributed by atoms with E-state index in [0.29, 0.717) is 12.0 Å². The summed E-state index contributed by atoms with van der Waals surface area (Å²) in [6.07, 6.45) is 1.20. The molecule has 0 N–H and O–H groups in total. The summed E-state index contributed by atoms with van der Waals surface area (Å²) in [7, 11) is -4.91. The molecule has 0 amide bonds. The lowest BCUT2D eigenvalue weighted by atomic mass is 10.0. The van der Waals surface area contributed by atoms with Crippen molar-refractivity contribution >= 4 is 31.6 Å². The monoisotopic (exact) mass is 398 g/mol. The van der Waals surface area contributed by atoms with Gasteiger partial charge >= 0.3 is 0 Å². The van der Waals surface area contributed by atoms with E-state index in [-0.39, 0.29) is 16.1 Å². The lowest BCUT2D eigenvalue weighted by molar-refractivity contribution is 0.0994. The molecule has 3 rings (SSSR count). The minimum Gasteiger partial charge on any atom is -0.314 e. The Morgan fingerprint density at radius 1 is 1.00 bits per heavy atom. The molecule has 0 saturated heterocycles. The fourth-order valence-corrected chi connectivity index (χ4v) is 15.3. The van der Waals surface area contributed by atoms with Crippen molar-refractivity contribution in [3.8, 4) is 0 Å². The third-order valence-corrected chi connectivity index (χ3v) is 19.3. The molecule has 1 aliphatic heterocycles. The van der Waals surface area contributed by atoms with E-state index in [1.54, 1.807) is 0 Å². The molecule has 0 aromatic heterocycles. The first kappa shape index (κ1) is 20.3. The van der Waals surface area contributed by atoms with Gasteiger partial charge in [0.25, 0.3) is 0 Å². The van der Waals surface area contributed by atoms with Crippen LogP contribution in [0, 0.1) is 0 Å². The van der Waals surface area contributed by atoms with Gasteiger partial charge in [-0.25, -0.2) is 0 Å². The molecule has 0 radical (unpaired) electrons. The molecule has 0 spiro atoms. The minimum absolute atomic E-state index is 0.0841. The molecule has 0 fully saturated rings. The van der Waals surface area contributed by atoms with E-state index in [1.165, 1.54) is 0 Å². The minimum atomic E-state index is -2.96. The second kappa shape index (κ2) is 6.86. The Kier molecular flexibility index (Phi) is 5.16. The first-order valence-corrected chi connectivity index (χ1v) is 14.7. The van der Waals surface area contributed by atoms with E-state index in [4.69, 9.17) is 0 Å². The van der Waals surface area contributed by atoms with Gasteiger partial charge in [-0.3, -0.25) is 4.79 Å². The van der Waals surface area contributed by atoms with E-state index in [0.717, 1.165) is 22.6 Å². The first-order valence-electron chi connectivity index (χ1n) is 9.86. The summed E-state index contributed by atoms with van der Waals surface area (Å²) in [5, 5.41) is 1.92. The zero-order chi connectivity index (χ0) is 20.0. The standard InChI is InChI=1S/C23H31O2PSi/c1-7-22(27(5,6)23(2,3)4)26(25)20-14-10-8-12-17(20)16-19(24)18-13-9-11-15-21(18)26/h8-15,22H,7,16H2,1-6H3. The maximum atomic E-state index is 15.2. The quantitative estimate of drug-likeness (QED) is 0.501. The lowest BCUT2D eigenvalue weighted by Crippen LogP contribution is -2.51. The van der Waals surface area contributed by atoms with Crippen LogP contribution in [0.4, 0.5) is 0 Å². The van der Waals surface area contributed by atoms with Crippen molar-refractivity contribution < 1.29 is 9.36 Å². The van der Waals surface area contributed by atoms with Crippen molar-refractivity contribution in [2.75, 3.05) is 0 Å². The van der Waals surface area contributed by atoms with Gasteiger partial charge in [-0.15, -0.1) is 0 Å². The third-order valence-electron chi connectivity index (χ3n) is 6.85. The third kappa shape index (κ3) is 3.09. The summed E-state index contributed by atoms with van der Waals surface area (Å²) in [5.74, 6) is 0.0841. The van der Waals surface area contributed by atoms with Crippen molar-refractivity contribution in [3.63, 3.8) is 0 Å². The van der Waals surface area contributed by atoms with E-state index >= 15 is 4.57 Å². The van der Waals surface area contributed by atoms with Crippen molar-refractivity contribution in [2.45, 2.75) is 64.0 Å². The van der Waals surface area contributed by atoms with Gasteiger partial charge in [-0.05, 0) is 17.0 Å². The van der Waals surface area contributed by atoms with E-state index in [9.17, 15) is 4.79 Å². The number of carbonyl (C=O) groups excluding carboxylic acids is 1. The largest absolute Gasteiger partial charge is 0.314 e. The second-order valence-electron chi connectivity index (χ2n) is 9.30. The Hall–Kier alpha value is -1.44. The number of fused-ring (bicyclic) bond motifs is 2. The molecule has 2 aromatic rings. The van der Waals surface area contributed by atoms with E-state index in [1.807, 2.05) is 48.5 Å². The maximum absolute atomic E-state index is 15.2. The Balaban J connectivity index is 2.41. The summed E-state index contributed by atoms with van der Waals surface area (Å²) in [4.78, 5) is 13.0. The molecule has 2 atom stereocenters. The number of hydrogen-bond acceptors (Lipinski definition) is 2. The zero-order valence-electron chi connectivity index (χ0n) is 17.4. The zero-order valence-corrected chi connectivity index (χ0v) is 19.3. The van der Waals surface area contributed by atoms with Crippen LogP contribution in [-0.4, -0.2) is 19.1 Å². The van der Waals surface area contributed by atoms with E-state index < -0.39 is 15.2 Å². The molecule has 2 unspecified atom stereocenters. The predicted molar refractivity (Wildman–Crippen MR) is 119 cm³/mol. The molecular formula is C23H31O2PSi. The molecule has 27 heavy (non-hydrogen) atoms. The number of benzene rings is 2. The predicted octanol–water partition coefficient (Wildman–Crippen LogP) is 5.57. The van der Waals surface area contributed by atoms with Crippen molar-refractivity contribution in [1.82, 2.24) is 0 Å². The topological polar surface area (TPSA) is 34.1 Å². The highest BCUT2D eigenvalue weighted by atomic mass is 31.2. The highest BCUT2D eigenvalue weighted by molar-refractivity contribution is 7.81. The van der Waals surface area contributed by atoms with E-state index in [2.05, 4.69) is 40.8 Å². The van der Waals surface area contributed by atoms with Gasteiger partial charge in [-0.2, -0.15) is 0 Å². The smallest absolute Gasteiger partial charge is 0.168 e. The van der Waals surface area contributed by atoms with Gasteiger partial charge in [0, 0.05) is 27.9 Å². The van der Waals surface area contributed by atoms with Crippen LogP contribution in [0.15, 0.2) is 48.5 Å². The summed E-state index contributed by atoms with van der Waals surface area (Å²) >= 11 is 0. The fourth-order valence-electron chi connectivity index (χ4n) is 4.44. The number of Topliss-reactive ketones (excluding diaryl/α,β-unsaturated/α-hetero) is 1. The van der Waals surface area contributed by atoms with Crippen LogP contribution in [0.2, 0.25) is 18.1 Å². The van der Waals surface area contributed by atoms with Crippen molar-refractivity contribution in [3.05, 3.63) is 59.7 Å².